The zero-order valence-electron chi connectivity index (χ0n) is 10.3. The normalized spacial score (nSPS) is 9.89. The van der Waals surface area contributed by atoms with Gasteiger partial charge in [0.25, 0.3) is 0 Å². The third-order valence-corrected chi connectivity index (χ3v) is 3.69. The van der Waals surface area contributed by atoms with Crippen LogP contribution >= 0.6 is 11.3 Å². The number of aromatic nitrogens is 1. The van der Waals surface area contributed by atoms with Crippen LogP contribution in [-0.4, -0.2) is 16.7 Å². The molecule has 0 aliphatic rings. The summed E-state index contributed by atoms with van der Waals surface area (Å²) in [5.41, 5.74) is 2.10. The molecule has 0 amide bonds. The Hall–Kier alpha value is -1.63. The fraction of sp³-hybridized carbons (Fsp3) is 0.267. The zero-order chi connectivity index (χ0) is 12.8. The Bertz CT molecular complexity index is 560. The molecular formula is C15H15NOS. The molecule has 2 aromatic rings. The number of hydrogen-bond acceptors (Lipinski definition) is 3. The average molecular weight is 257 g/mol. The van der Waals surface area contributed by atoms with Crippen molar-refractivity contribution >= 4 is 11.3 Å². The maximum Gasteiger partial charge on any atom is 0.123 e. The van der Waals surface area contributed by atoms with Crippen molar-refractivity contribution in [2.45, 2.75) is 19.8 Å². The van der Waals surface area contributed by atoms with Crippen molar-refractivity contribution < 1.29 is 5.11 Å². The fourth-order valence-corrected chi connectivity index (χ4v) is 2.38. The first-order valence-corrected chi connectivity index (χ1v) is 6.80. The minimum atomic E-state index is 0.115. The minimum absolute atomic E-state index is 0.115. The Labute approximate surface area is 111 Å². The summed E-state index contributed by atoms with van der Waals surface area (Å²) in [5.74, 6) is 5.92. The van der Waals surface area contributed by atoms with Gasteiger partial charge in [-0.05, 0) is 18.6 Å². The summed E-state index contributed by atoms with van der Waals surface area (Å²) in [7, 11) is 0. The Kier molecular flexibility index (Phi) is 4.52. The highest BCUT2D eigenvalue weighted by molar-refractivity contribution is 7.15. The average Bonchev–Trinajstić information content (AvgIpc) is 2.89. The topological polar surface area (TPSA) is 33.1 Å². The minimum Gasteiger partial charge on any atom is -0.395 e. The molecule has 2 rings (SSSR count). The second-order valence-corrected chi connectivity index (χ2v) is 4.95. The molecule has 0 spiro atoms. The van der Waals surface area contributed by atoms with Crippen LogP contribution in [0.25, 0.3) is 10.6 Å². The van der Waals surface area contributed by atoms with Crippen molar-refractivity contribution in [1.82, 2.24) is 4.98 Å². The maximum absolute atomic E-state index is 8.65. The lowest BCUT2D eigenvalue weighted by atomic mass is 10.1. The second kappa shape index (κ2) is 6.34. The Balaban J connectivity index is 2.15. The number of nitrogens with zero attached hydrogens (tertiary/aromatic N) is 1. The van der Waals surface area contributed by atoms with Crippen LogP contribution in [0, 0.1) is 11.8 Å². The molecule has 0 bridgehead atoms. The SMILES string of the molecule is CCc1cnc(-c2ccc(C#CCCO)cc2)s1. The lowest BCUT2D eigenvalue weighted by molar-refractivity contribution is 0.305. The predicted octanol–water partition coefficient (Wildman–Crippen LogP) is 3.11. The van der Waals surface area contributed by atoms with Crippen molar-refractivity contribution in [3.05, 3.63) is 40.9 Å². The maximum atomic E-state index is 8.65. The van der Waals surface area contributed by atoms with Crippen molar-refractivity contribution in [3.8, 4) is 22.4 Å². The van der Waals surface area contributed by atoms with Gasteiger partial charge in [-0.1, -0.05) is 30.9 Å². The van der Waals surface area contributed by atoms with E-state index >= 15 is 0 Å². The summed E-state index contributed by atoms with van der Waals surface area (Å²) >= 11 is 1.73. The molecule has 1 aromatic heterocycles. The molecule has 0 unspecified atom stereocenters. The monoisotopic (exact) mass is 257 g/mol. The van der Waals surface area contributed by atoms with Gasteiger partial charge in [-0.25, -0.2) is 4.98 Å². The largest absolute Gasteiger partial charge is 0.395 e. The first-order valence-electron chi connectivity index (χ1n) is 5.98. The van der Waals surface area contributed by atoms with Gasteiger partial charge >= 0.3 is 0 Å². The van der Waals surface area contributed by atoms with Gasteiger partial charge in [-0.3, -0.25) is 0 Å². The Morgan fingerprint density at radius 3 is 2.67 bits per heavy atom. The number of thiazole rings is 1. The van der Waals surface area contributed by atoms with E-state index in [0.717, 1.165) is 22.6 Å². The first-order chi connectivity index (χ1) is 8.83. The van der Waals surface area contributed by atoms with Crippen LogP contribution in [-0.2, 0) is 6.42 Å². The molecule has 0 fully saturated rings. The van der Waals surface area contributed by atoms with E-state index in [1.807, 2.05) is 30.5 Å². The molecule has 2 nitrogen and oxygen atoms in total. The summed E-state index contributed by atoms with van der Waals surface area (Å²) < 4.78 is 0. The number of benzene rings is 1. The van der Waals surface area contributed by atoms with Gasteiger partial charge in [0.05, 0.1) is 6.61 Å². The Morgan fingerprint density at radius 1 is 1.28 bits per heavy atom. The van der Waals surface area contributed by atoms with E-state index in [-0.39, 0.29) is 6.61 Å². The zero-order valence-corrected chi connectivity index (χ0v) is 11.1. The third kappa shape index (κ3) is 3.19. The molecule has 0 radical (unpaired) electrons. The summed E-state index contributed by atoms with van der Waals surface area (Å²) in [6, 6.07) is 8.07. The molecule has 1 aromatic carbocycles. The van der Waals surface area contributed by atoms with Crippen LogP contribution in [0.4, 0.5) is 0 Å². The van der Waals surface area contributed by atoms with Crippen LogP contribution in [0.2, 0.25) is 0 Å². The van der Waals surface area contributed by atoms with Gasteiger partial charge in [0, 0.05) is 28.6 Å². The van der Waals surface area contributed by atoms with Crippen LogP contribution in [0.15, 0.2) is 30.5 Å². The number of aliphatic hydroxyl groups is 1. The highest BCUT2D eigenvalue weighted by Gasteiger charge is 2.02. The third-order valence-electron chi connectivity index (χ3n) is 2.50. The van der Waals surface area contributed by atoms with Gasteiger partial charge in [0.1, 0.15) is 5.01 Å². The van der Waals surface area contributed by atoms with E-state index in [0.29, 0.717) is 6.42 Å². The van der Waals surface area contributed by atoms with Crippen LogP contribution in [0.3, 0.4) is 0 Å². The molecule has 1 heterocycles. The summed E-state index contributed by atoms with van der Waals surface area (Å²) in [6.07, 6.45) is 3.49. The summed E-state index contributed by atoms with van der Waals surface area (Å²) in [4.78, 5) is 5.71. The van der Waals surface area contributed by atoms with E-state index < -0.39 is 0 Å². The van der Waals surface area contributed by atoms with Gasteiger partial charge in [0.2, 0.25) is 0 Å². The molecule has 0 atom stereocenters. The van der Waals surface area contributed by atoms with E-state index in [1.54, 1.807) is 11.3 Å². The second-order valence-electron chi connectivity index (χ2n) is 3.84. The van der Waals surface area contributed by atoms with Crippen molar-refractivity contribution in [2.24, 2.45) is 0 Å². The van der Waals surface area contributed by atoms with Crippen molar-refractivity contribution in [3.63, 3.8) is 0 Å². The van der Waals surface area contributed by atoms with E-state index in [4.69, 9.17) is 5.11 Å². The van der Waals surface area contributed by atoms with E-state index in [9.17, 15) is 0 Å². The van der Waals surface area contributed by atoms with Crippen molar-refractivity contribution in [1.29, 1.82) is 0 Å². The van der Waals surface area contributed by atoms with E-state index in [2.05, 4.69) is 23.7 Å². The number of aryl methyl sites for hydroxylation is 1. The van der Waals surface area contributed by atoms with E-state index in [1.165, 1.54) is 4.88 Å². The first kappa shape index (κ1) is 12.8. The molecule has 0 aliphatic heterocycles. The number of aliphatic hydroxyl groups excluding tert-OH is 1. The number of rotatable bonds is 3. The summed E-state index contributed by atoms with van der Waals surface area (Å²) in [5, 5.41) is 9.71. The predicted molar refractivity (Wildman–Crippen MR) is 75.5 cm³/mol. The highest BCUT2D eigenvalue weighted by atomic mass is 32.1. The lowest BCUT2D eigenvalue weighted by Gasteiger charge is -1.96. The van der Waals surface area contributed by atoms with Crippen molar-refractivity contribution in [2.75, 3.05) is 6.61 Å². The summed E-state index contributed by atoms with van der Waals surface area (Å²) in [6.45, 7) is 2.25. The van der Waals surface area contributed by atoms with Crippen LogP contribution in [0.5, 0.6) is 0 Å². The molecule has 0 aliphatic carbocycles. The molecule has 0 saturated heterocycles. The fourth-order valence-electron chi connectivity index (χ4n) is 1.52. The van der Waals surface area contributed by atoms with Gasteiger partial charge in [-0.2, -0.15) is 0 Å². The van der Waals surface area contributed by atoms with Gasteiger partial charge < -0.3 is 5.11 Å². The standard InChI is InChI=1S/C15H15NOS/c1-2-14-11-16-15(18-14)13-8-6-12(7-9-13)5-3-4-10-17/h6-9,11,17H,2,4,10H2,1H3. The molecular weight excluding hydrogens is 242 g/mol. The highest BCUT2D eigenvalue weighted by Crippen LogP contribution is 2.25. The van der Waals surface area contributed by atoms with Crippen LogP contribution < -0.4 is 0 Å². The molecule has 18 heavy (non-hydrogen) atoms. The Morgan fingerprint density at radius 2 is 2.06 bits per heavy atom. The van der Waals surface area contributed by atoms with Crippen LogP contribution in [0.1, 0.15) is 23.8 Å². The quantitative estimate of drug-likeness (QED) is 0.857. The molecule has 1 N–H and O–H groups in total. The lowest BCUT2D eigenvalue weighted by Crippen LogP contribution is -1.79. The molecule has 3 heteroatoms. The molecule has 92 valence electrons. The van der Waals surface area contributed by atoms with Gasteiger partial charge in [-0.15, -0.1) is 11.3 Å². The number of hydrogen-bond donors (Lipinski definition) is 1. The smallest absolute Gasteiger partial charge is 0.123 e. The molecule has 0 saturated carbocycles. The van der Waals surface area contributed by atoms with Gasteiger partial charge in [0.15, 0.2) is 0 Å².